The van der Waals surface area contributed by atoms with Gasteiger partial charge in [-0.2, -0.15) is 0 Å². The van der Waals surface area contributed by atoms with Gasteiger partial charge in [0.15, 0.2) is 0 Å². The standard InChI is InChI=1S/C16H19N3O5/c1-3-19-15(22)11-6-5-10(9-12(11)18-16(19)23)14(21)17-8-7-13(20)24-4-2/h5-6,9H,3-4,7-8H2,1-2H3,(H,17,21)(H,18,23). The van der Waals surface area contributed by atoms with Crippen LogP contribution in [0, 0.1) is 0 Å². The van der Waals surface area contributed by atoms with Crippen LogP contribution in [0.4, 0.5) is 0 Å². The fraction of sp³-hybridized carbons (Fsp3) is 0.375. The molecule has 24 heavy (non-hydrogen) atoms. The maximum Gasteiger partial charge on any atom is 0.328 e. The maximum absolute atomic E-state index is 12.2. The van der Waals surface area contributed by atoms with E-state index in [-0.39, 0.29) is 31.0 Å². The summed E-state index contributed by atoms with van der Waals surface area (Å²) in [5.41, 5.74) is -0.330. The van der Waals surface area contributed by atoms with Crippen LogP contribution in [0.25, 0.3) is 10.9 Å². The van der Waals surface area contributed by atoms with Crippen LogP contribution in [0.3, 0.4) is 0 Å². The molecule has 1 aromatic heterocycles. The van der Waals surface area contributed by atoms with Gasteiger partial charge in [0.2, 0.25) is 0 Å². The second-order valence-electron chi connectivity index (χ2n) is 5.05. The third-order valence-electron chi connectivity index (χ3n) is 3.48. The minimum Gasteiger partial charge on any atom is -0.466 e. The van der Waals surface area contributed by atoms with E-state index in [4.69, 9.17) is 4.74 Å². The molecule has 128 valence electrons. The number of aromatic nitrogens is 2. The zero-order valence-electron chi connectivity index (χ0n) is 13.5. The minimum absolute atomic E-state index is 0.0746. The molecule has 0 bridgehead atoms. The molecule has 0 fully saturated rings. The molecule has 0 unspecified atom stereocenters. The minimum atomic E-state index is -0.519. The summed E-state index contributed by atoms with van der Waals surface area (Å²) in [7, 11) is 0. The van der Waals surface area contributed by atoms with Crippen LogP contribution in [-0.4, -0.2) is 34.6 Å². The third kappa shape index (κ3) is 3.70. The third-order valence-corrected chi connectivity index (χ3v) is 3.48. The summed E-state index contributed by atoms with van der Waals surface area (Å²) in [5.74, 6) is -0.789. The lowest BCUT2D eigenvalue weighted by atomic mass is 10.1. The van der Waals surface area contributed by atoms with E-state index in [2.05, 4.69) is 10.3 Å². The molecule has 0 aliphatic rings. The van der Waals surface area contributed by atoms with Crippen molar-refractivity contribution in [2.75, 3.05) is 13.2 Å². The number of carbonyl (C=O) groups excluding carboxylic acids is 2. The topological polar surface area (TPSA) is 110 Å². The predicted molar refractivity (Wildman–Crippen MR) is 88.1 cm³/mol. The number of aromatic amines is 1. The number of fused-ring (bicyclic) bond motifs is 1. The van der Waals surface area contributed by atoms with Crippen molar-refractivity contribution < 1.29 is 14.3 Å². The molecule has 1 aromatic carbocycles. The first-order chi connectivity index (χ1) is 11.5. The molecular weight excluding hydrogens is 314 g/mol. The molecule has 2 aromatic rings. The van der Waals surface area contributed by atoms with E-state index >= 15 is 0 Å². The van der Waals surface area contributed by atoms with E-state index in [1.54, 1.807) is 13.8 Å². The molecule has 0 aliphatic heterocycles. The molecular formula is C16H19N3O5. The van der Waals surface area contributed by atoms with E-state index in [0.29, 0.717) is 17.5 Å². The van der Waals surface area contributed by atoms with Gasteiger partial charge in [-0.05, 0) is 32.0 Å². The number of esters is 1. The second-order valence-corrected chi connectivity index (χ2v) is 5.05. The van der Waals surface area contributed by atoms with Gasteiger partial charge >= 0.3 is 11.7 Å². The van der Waals surface area contributed by atoms with Gasteiger partial charge in [-0.3, -0.25) is 19.0 Å². The summed E-state index contributed by atoms with van der Waals surface area (Å²) < 4.78 is 5.85. The molecule has 0 saturated carbocycles. The van der Waals surface area contributed by atoms with E-state index in [1.165, 1.54) is 18.2 Å². The summed E-state index contributed by atoms with van der Waals surface area (Å²) in [4.78, 5) is 49.9. The van der Waals surface area contributed by atoms with Crippen molar-refractivity contribution in [1.29, 1.82) is 0 Å². The molecule has 8 heteroatoms. The van der Waals surface area contributed by atoms with Gasteiger partial charge in [-0.1, -0.05) is 0 Å². The Hall–Kier alpha value is -2.90. The van der Waals surface area contributed by atoms with E-state index in [0.717, 1.165) is 4.57 Å². The van der Waals surface area contributed by atoms with Crippen LogP contribution >= 0.6 is 0 Å². The molecule has 0 atom stereocenters. The smallest absolute Gasteiger partial charge is 0.328 e. The van der Waals surface area contributed by atoms with Crippen LogP contribution in [0.5, 0.6) is 0 Å². The van der Waals surface area contributed by atoms with Gasteiger partial charge in [0, 0.05) is 18.7 Å². The number of H-pyrrole nitrogens is 1. The lowest BCUT2D eigenvalue weighted by Crippen LogP contribution is -2.34. The predicted octanol–water partition coefficient (Wildman–Crippen LogP) is 0.393. The Morgan fingerprint density at radius 2 is 2.00 bits per heavy atom. The van der Waals surface area contributed by atoms with Crippen molar-refractivity contribution >= 4 is 22.8 Å². The van der Waals surface area contributed by atoms with Crippen molar-refractivity contribution in [3.8, 4) is 0 Å². The average molecular weight is 333 g/mol. The zero-order valence-corrected chi connectivity index (χ0v) is 13.5. The van der Waals surface area contributed by atoms with Crippen molar-refractivity contribution in [2.45, 2.75) is 26.8 Å². The summed E-state index contributed by atoms with van der Waals surface area (Å²) in [5, 5.41) is 2.92. The zero-order chi connectivity index (χ0) is 17.7. The lowest BCUT2D eigenvalue weighted by molar-refractivity contribution is -0.142. The lowest BCUT2D eigenvalue weighted by Gasteiger charge is -2.07. The van der Waals surface area contributed by atoms with E-state index < -0.39 is 17.2 Å². The number of nitrogens with zero attached hydrogens (tertiary/aromatic N) is 1. The number of ether oxygens (including phenoxy) is 1. The summed E-state index contributed by atoms with van der Waals surface area (Å²) >= 11 is 0. The summed E-state index contributed by atoms with van der Waals surface area (Å²) in [6.45, 7) is 4.11. The Bertz CT molecular complexity index is 881. The Labute approximate surface area is 137 Å². The van der Waals surface area contributed by atoms with E-state index in [1.807, 2.05) is 0 Å². The van der Waals surface area contributed by atoms with Gasteiger partial charge in [0.25, 0.3) is 11.5 Å². The number of carbonyl (C=O) groups is 2. The van der Waals surface area contributed by atoms with Gasteiger partial charge < -0.3 is 15.0 Å². The largest absolute Gasteiger partial charge is 0.466 e. The number of amides is 1. The van der Waals surface area contributed by atoms with Gasteiger partial charge in [0.05, 0.1) is 23.9 Å². The van der Waals surface area contributed by atoms with Gasteiger partial charge in [-0.25, -0.2) is 4.79 Å². The molecule has 8 nitrogen and oxygen atoms in total. The second kappa shape index (κ2) is 7.58. The highest BCUT2D eigenvalue weighted by Crippen LogP contribution is 2.09. The number of hydrogen-bond donors (Lipinski definition) is 2. The number of nitrogens with one attached hydrogen (secondary N) is 2. The van der Waals surface area contributed by atoms with Crippen LogP contribution in [0.2, 0.25) is 0 Å². The maximum atomic E-state index is 12.2. The molecule has 0 aliphatic carbocycles. The van der Waals surface area contributed by atoms with Crippen LogP contribution in [0.1, 0.15) is 30.6 Å². The highest BCUT2D eigenvalue weighted by molar-refractivity contribution is 5.97. The fourth-order valence-electron chi connectivity index (χ4n) is 2.30. The molecule has 2 N–H and O–H groups in total. The first-order valence-electron chi connectivity index (χ1n) is 7.68. The SMILES string of the molecule is CCOC(=O)CCNC(=O)c1ccc2c(=O)n(CC)c(=O)[nH]c2c1. The highest BCUT2D eigenvalue weighted by atomic mass is 16.5. The molecule has 0 spiro atoms. The summed E-state index contributed by atoms with van der Waals surface area (Å²) in [6.07, 6.45) is 0.0746. The monoisotopic (exact) mass is 333 g/mol. The number of benzene rings is 1. The van der Waals surface area contributed by atoms with Crippen molar-refractivity contribution in [3.05, 3.63) is 44.6 Å². The first kappa shape index (κ1) is 17.5. The van der Waals surface area contributed by atoms with Crippen LogP contribution in [-0.2, 0) is 16.1 Å². The van der Waals surface area contributed by atoms with Gasteiger partial charge in [-0.15, -0.1) is 0 Å². The normalized spacial score (nSPS) is 10.6. The van der Waals surface area contributed by atoms with Crippen LogP contribution in [0.15, 0.2) is 27.8 Å². The van der Waals surface area contributed by atoms with Crippen molar-refractivity contribution in [3.63, 3.8) is 0 Å². The Kier molecular flexibility index (Phi) is 5.51. The number of rotatable bonds is 6. The van der Waals surface area contributed by atoms with Crippen molar-refractivity contribution in [2.24, 2.45) is 0 Å². The average Bonchev–Trinajstić information content (AvgIpc) is 2.54. The molecule has 2 rings (SSSR count). The quantitative estimate of drug-likeness (QED) is 0.743. The highest BCUT2D eigenvalue weighted by Gasteiger charge is 2.11. The molecule has 1 amide bonds. The molecule has 0 saturated heterocycles. The Morgan fingerprint density at radius 3 is 2.67 bits per heavy atom. The van der Waals surface area contributed by atoms with Gasteiger partial charge in [0.1, 0.15) is 0 Å². The Balaban J connectivity index is 2.19. The van der Waals surface area contributed by atoms with E-state index in [9.17, 15) is 19.2 Å². The molecule has 0 radical (unpaired) electrons. The summed E-state index contributed by atoms with van der Waals surface area (Å²) in [6, 6.07) is 4.44. The molecule has 1 heterocycles. The van der Waals surface area contributed by atoms with Crippen molar-refractivity contribution in [1.82, 2.24) is 14.9 Å². The first-order valence-corrected chi connectivity index (χ1v) is 7.68. The van der Waals surface area contributed by atoms with Crippen LogP contribution < -0.4 is 16.6 Å². The number of hydrogen-bond acceptors (Lipinski definition) is 5. The fourth-order valence-corrected chi connectivity index (χ4v) is 2.30. The Morgan fingerprint density at radius 1 is 1.25 bits per heavy atom.